The van der Waals surface area contributed by atoms with E-state index in [1.807, 2.05) is 0 Å². The van der Waals surface area contributed by atoms with Gasteiger partial charge in [0.15, 0.2) is 0 Å². The molecule has 0 fully saturated rings. The van der Waals surface area contributed by atoms with Crippen LogP contribution in [0, 0.1) is 0 Å². The molecule has 1 rings (SSSR count). The van der Waals surface area contributed by atoms with Gasteiger partial charge < -0.3 is 15.6 Å². The minimum Gasteiger partial charge on any atom is -0.506 e. The number of alkyl halides is 2. The first-order valence-corrected chi connectivity index (χ1v) is 4.75. The van der Waals surface area contributed by atoms with E-state index in [1.54, 1.807) is 0 Å². The van der Waals surface area contributed by atoms with E-state index < -0.39 is 30.1 Å². The largest absolute Gasteiger partial charge is 0.506 e. The Bertz CT molecular complexity index is 424. The van der Waals surface area contributed by atoms with Crippen molar-refractivity contribution in [1.29, 1.82) is 0 Å². The summed E-state index contributed by atoms with van der Waals surface area (Å²) in [6.07, 6.45) is -2.37. The van der Waals surface area contributed by atoms with Gasteiger partial charge >= 0.3 is 5.97 Å². The van der Waals surface area contributed by atoms with Crippen LogP contribution in [0.4, 0.5) is 8.78 Å². The van der Waals surface area contributed by atoms with E-state index in [4.69, 9.17) is 5.73 Å². The number of aromatic nitrogens is 1. The van der Waals surface area contributed by atoms with Gasteiger partial charge in [-0.05, 0) is 0 Å². The third kappa shape index (κ3) is 2.88. The first kappa shape index (κ1) is 13.3. The van der Waals surface area contributed by atoms with Gasteiger partial charge in [-0.3, -0.25) is 9.78 Å². The van der Waals surface area contributed by atoms with Crippen molar-refractivity contribution < 1.29 is 23.4 Å². The van der Waals surface area contributed by atoms with Crippen LogP contribution >= 0.6 is 0 Å². The highest BCUT2D eigenvalue weighted by atomic mass is 19.3. The molecule has 0 saturated heterocycles. The Morgan fingerprint density at radius 2 is 2.29 bits per heavy atom. The number of hydrogen-bond acceptors (Lipinski definition) is 5. The summed E-state index contributed by atoms with van der Waals surface area (Å²) in [6.45, 7) is -0.108. The molecule has 0 atom stereocenters. The van der Waals surface area contributed by atoms with Crippen LogP contribution in [0.5, 0.6) is 5.75 Å². The van der Waals surface area contributed by atoms with Crippen molar-refractivity contribution in [3.8, 4) is 5.75 Å². The number of carbonyl (C=O) groups is 1. The molecule has 1 heterocycles. The summed E-state index contributed by atoms with van der Waals surface area (Å²) in [5.41, 5.74) is 4.66. The molecule has 0 bridgehead atoms. The number of esters is 1. The molecule has 17 heavy (non-hydrogen) atoms. The van der Waals surface area contributed by atoms with E-state index in [0.29, 0.717) is 0 Å². The van der Waals surface area contributed by atoms with E-state index >= 15 is 0 Å². The maximum absolute atomic E-state index is 12.7. The lowest BCUT2D eigenvalue weighted by molar-refractivity contribution is -0.139. The predicted molar refractivity (Wildman–Crippen MR) is 54.5 cm³/mol. The van der Waals surface area contributed by atoms with Crippen LogP contribution in [0.15, 0.2) is 6.20 Å². The van der Waals surface area contributed by atoms with Crippen molar-refractivity contribution >= 4 is 5.97 Å². The van der Waals surface area contributed by atoms with Gasteiger partial charge in [0, 0.05) is 23.9 Å². The Labute approximate surface area is 96.2 Å². The van der Waals surface area contributed by atoms with Crippen molar-refractivity contribution in [3.63, 3.8) is 0 Å². The van der Waals surface area contributed by atoms with Gasteiger partial charge in [-0.1, -0.05) is 0 Å². The smallest absolute Gasteiger partial charge is 0.310 e. The molecular formula is C10H12F2N2O3. The molecule has 0 saturated carbocycles. The Morgan fingerprint density at radius 1 is 1.65 bits per heavy atom. The number of methoxy groups -OCH3 is 1. The zero-order chi connectivity index (χ0) is 13.0. The van der Waals surface area contributed by atoms with Crippen LogP contribution in [0.3, 0.4) is 0 Å². The van der Waals surface area contributed by atoms with Crippen LogP contribution in [0.25, 0.3) is 0 Å². The van der Waals surface area contributed by atoms with Gasteiger partial charge in [0.05, 0.1) is 19.2 Å². The molecule has 1 aromatic heterocycles. The van der Waals surface area contributed by atoms with Crippen LogP contribution in [0.1, 0.15) is 23.2 Å². The summed E-state index contributed by atoms with van der Waals surface area (Å²) in [5.74, 6) is -1.20. The third-order valence-electron chi connectivity index (χ3n) is 2.24. The zero-order valence-electron chi connectivity index (χ0n) is 9.11. The highest BCUT2D eigenvalue weighted by Gasteiger charge is 2.21. The number of nitrogens with zero attached hydrogens (tertiary/aromatic N) is 1. The summed E-state index contributed by atoms with van der Waals surface area (Å²) >= 11 is 0. The Kier molecular flexibility index (Phi) is 4.33. The lowest BCUT2D eigenvalue weighted by atomic mass is 10.0. The summed E-state index contributed by atoms with van der Waals surface area (Å²) in [5, 5.41) is 9.68. The van der Waals surface area contributed by atoms with Crippen molar-refractivity contribution in [3.05, 3.63) is 23.0 Å². The molecule has 0 aromatic carbocycles. The first-order valence-electron chi connectivity index (χ1n) is 4.75. The molecule has 0 spiro atoms. The molecule has 0 aliphatic rings. The fraction of sp³-hybridized carbons (Fsp3) is 0.400. The van der Waals surface area contributed by atoms with E-state index in [1.165, 1.54) is 0 Å². The number of aromatic hydroxyl groups is 1. The molecule has 0 aliphatic heterocycles. The fourth-order valence-electron chi connectivity index (χ4n) is 1.34. The maximum atomic E-state index is 12.7. The minimum atomic E-state index is -2.83. The van der Waals surface area contributed by atoms with Crippen LogP contribution < -0.4 is 5.73 Å². The first-order chi connectivity index (χ1) is 8.01. The fourth-order valence-corrected chi connectivity index (χ4v) is 1.34. The third-order valence-corrected chi connectivity index (χ3v) is 2.24. The quantitative estimate of drug-likeness (QED) is 0.771. The normalized spacial score (nSPS) is 10.6. The van der Waals surface area contributed by atoms with Crippen LogP contribution in [-0.4, -0.2) is 23.2 Å². The SMILES string of the molecule is COC(=O)Cc1c(C(F)F)cnc(CN)c1O. The second-order valence-electron chi connectivity index (χ2n) is 3.25. The molecule has 0 amide bonds. The van der Waals surface area contributed by atoms with Crippen molar-refractivity contribution in [2.75, 3.05) is 7.11 Å². The molecule has 1 aromatic rings. The molecule has 0 radical (unpaired) electrons. The summed E-state index contributed by atoms with van der Waals surface area (Å²) < 4.78 is 29.7. The number of carbonyl (C=O) groups excluding carboxylic acids is 1. The van der Waals surface area contributed by atoms with Crippen LogP contribution in [-0.2, 0) is 22.5 Å². The maximum Gasteiger partial charge on any atom is 0.310 e. The lowest BCUT2D eigenvalue weighted by Gasteiger charge is -2.12. The summed E-state index contributed by atoms with van der Waals surface area (Å²) in [4.78, 5) is 14.7. The number of ether oxygens (including phenoxy) is 1. The number of pyridine rings is 1. The minimum absolute atomic E-state index is 0.0632. The van der Waals surface area contributed by atoms with Gasteiger partial charge in [-0.25, -0.2) is 8.78 Å². The zero-order valence-corrected chi connectivity index (χ0v) is 9.11. The highest BCUT2D eigenvalue weighted by Crippen LogP contribution is 2.31. The molecule has 94 valence electrons. The Hall–Kier alpha value is -1.76. The van der Waals surface area contributed by atoms with Gasteiger partial charge in [0.25, 0.3) is 6.43 Å². The van der Waals surface area contributed by atoms with E-state index in [9.17, 15) is 18.7 Å². The lowest BCUT2D eigenvalue weighted by Crippen LogP contribution is -2.10. The number of hydrogen-bond donors (Lipinski definition) is 2. The summed E-state index contributed by atoms with van der Waals surface area (Å²) in [6, 6.07) is 0. The second-order valence-corrected chi connectivity index (χ2v) is 3.25. The Balaban J connectivity index is 3.24. The van der Waals surface area contributed by atoms with Crippen LogP contribution in [0.2, 0.25) is 0 Å². The summed E-state index contributed by atoms with van der Waals surface area (Å²) in [7, 11) is 1.13. The molecule has 0 unspecified atom stereocenters. The van der Waals surface area contributed by atoms with E-state index in [-0.39, 0.29) is 17.8 Å². The average molecular weight is 246 g/mol. The van der Waals surface area contributed by atoms with Crippen molar-refractivity contribution in [2.24, 2.45) is 5.73 Å². The van der Waals surface area contributed by atoms with E-state index in [0.717, 1.165) is 13.3 Å². The average Bonchev–Trinajstić information content (AvgIpc) is 2.30. The Morgan fingerprint density at radius 3 is 2.76 bits per heavy atom. The molecule has 7 heteroatoms. The van der Waals surface area contributed by atoms with Crippen molar-refractivity contribution in [2.45, 2.75) is 19.4 Å². The predicted octanol–water partition coefficient (Wildman–Crippen LogP) is 0.899. The molecule has 5 nitrogen and oxygen atoms in total. The molecular weight excluding hydrogens is 234 g/mol. The standard InChI is InChI=1S/C10H12F2N2O3/c1-17-8(15)2-5-6(10(11)12)4-14-7(3-13)9(5)16/h4,10,16H,2-3,13H2,1H3. The van der Waals surface area contributed by atoms with Gasteiger partial charge in [-0.15, -0.1) is 0 Å². The highest BCUT2D eigenvalue weighted by molar-refractivity contribution is 5.74. The molecule has 3 N–H and O–H groups in total. The molecule has 0 aliphatic carbocycles. The van der Waals surface area contributed by atoms with Gasteiger partial charge in [0.1, 0.15) is 5.75 Å². The van der Waals surface area contributed by atoms with Gasteiger partial charge in [0.2, 0.25) is 0 Å². The van der Waals surface area contributed by atoms with Crippen molar-refractivity contribution in [1.82, 2.24) is 4.98 Å². The number of nitrogens with two attached hydrogens (primary N) is 1. The van der Waals surface area contributed by atoms with E-state index in [2.05, 4.69) is 9.72 Å². The topological polar surface area (TPSA) is 85.4 Å². The monoisotopic (exact) mass is 246 g/mol. The second kappa shape index (κ2) is 5.53. The number of rotatable bonds is 4. The van der Waals surface area contributed by atoms with Gasteiger partial charge in [-0.2, -0.15) is 0 Å². The number of halogens is 2.